The van der Waals surface area contributed by atoms with Crippen molar-refractivity contribution in [2.45, 2.75) is 12.7 Å². The van der Waals surface area contributed by atoms with Crippen LogP contribution < -0.4 is 14.8 Å². The minimum absolute atomic E-state index is 0.332. The van der Waals surface area contributed by atoms with Crippen molar-refractivity contribution in [2.75, 3.05) is 53.6 Å². The van der Waals surface area contributed by atoms with Crippen molar-refractivity contribution in [1.29, 1.82) is 0 Å². The van der Waals surface area contributed by atoms with Crippen molar-refractivity contribution in [1.82, 2.24) is 10.2 Å². The SMILES string of the molecule is COc1ccc(COC[C@@H](O)CN2CCNCC2)cc1OC. The van der Waals surface area contributed by atoms with Crippen molar-refractivity contribution in [3.8, 4) is 11.5 Å². The molecule has 1 saturated heterocycles. The van der Waals surface area contributed by atoms with E-state index in [4.69, 9.17) is 14.2 Å². The first-order chi connectivity index (χ1) is 10.7. The van der Waals surface area contributed by atoms with E-state index in [1.54, 1.807) is 14.2 Å². The van der Waals surface area contributed by atoms with Crippen molar-refractivity contribution in [2.24, 2.45) is 0 Å². The maximum atomic E-state index is 10.0. The lowest BCUT2D eigenvalue weighted by Crippen LogP contribution is -2.47. The zero-order valence-corrected chi connectivity index (χ0v) is 13.4. The average Bonchev–Trinajstić information content (AvgIpc) is 2.55. The molecule has 1 aromatic carbocycles. The zero-order chi connectivity index (χ0) is 15.8. The van der Waals surface area contributed by atoms with Crippen LogP contribution in [0.1, 0.15) is 5.56 Å². The van der Waals surface area contributed by atoms with Gasteiger partial charge in [-0.15, -0.1) is 0 Å². The van der Waals surface area contributed by atoms with Crippen LogP contribution in [0.2, 0.25) is 0 Å². The number of ether oxygens (including phenoxy) is 3. The van der Waals surface area contributed by atoms with Gasteiger partial charge >= 0.3 is 0 Å². The Morgan fingerprint density at radius 1 is 1.18 bits per heavy atom. The van der Waals surface area contributed by atoms with Crippen LogP contribution in [0.3, 0.4) is 0 Å². The van der Waals surface area contributed by atoms with Crippen molar-refractivity contribution in [3.63, 3.8) is 0 Å². The summed E-state index contributed by atoms with van der Waals surface area (Å²) < 4.78 is 16.1. The lowest BCUT2D eigenvalue weighted by molar-refractivity contribution is 0.00818. The van der Waals surface area contributed by atoms with E-state index in [9.17, 15) is 5.11 Å². The van der Waals surface area contributed by atoms with Gasteiger partial charge < -0.3 is 24.6 Å². The molecule has 2 rings (SSSR count). The Balaban J connectivity index is 1.73. The predicted octanol–water partition coefficient (Wildman–Crippen LogP) is 0.487. The predicted molar refractivity (Wildman–Crippen MR) is 84.5 cm³/mol. The molecule has 0 aliphatic carbocycles. The molecule has 0 spiro atoms. The minimum Gasteiger partial charge on any atom is -0.493 e. The summed E-state index contributed by atoms with van der Waals surface area (Å²) in [5.41, 5.74) is 0.993. The third kappa shape index (κ3) is 5.14. The van der Waals surface area contributed by atoms with Crippen molar-refractivity contribution >= 4 is 0 Å². The highest BCUT2D eigenvalue weighted by atomic mass is 16.5. The first-order valence-electron chi connectivity index (χ1n) is 7.62. The van der Waals surface area contributed by atoms with Gasteiger partial charge in [-0.1, -0.05) is 6.07 Å². The molecule has 124 valence electrons. The highest BCUT2D eigenvalue weighted by Gasteiger charge is 2.14. The van der Waals surface area contributed by atoms with E-state index in [0.29, 0.717) is 31.3 Å². The number of nitrogens with one attached hydrogen (secondary N) is 1. The largest absolute Gasteiger partial charge is 0.493 e. The maximum absolute atomic E-state index is 10.0. The van der Waals surface area contributed by atoms with Crippen LogP contribution in [-0.2, 0) is 11.3 Å². The average molecular weight is 310 g/mol. The number of aliphatic hydroxyl groups is 1. The standard InChI is InChI=1S/C16H26N2O4/c1-20-15-4-3-13(9-16(15)21-2)11-22-12-14(19)10-18-7-5-17-6-8-18/h3-4,9,14,17,19H,5-8,10-12H2,1-2H3/t14-/m0/s1. The van der Waals surface area contributed by atoms with E-state index < -0.39 is 6.10 Å². The van der Waals surface area contributed by atoms with Gasteiger partial charge in [0.25, 0.3) is 0 Å². The van der Waals surface area contributed by atoms with Gasteiger partial charge in [-0.2, -0.15) is 0 Å². The van der Waals surface area contributed by atoms with Crippen LogP contribution >= 0.6 is 0 Å². The molecule has 0 bridgehead atoms. The first-order valence-corrected chi connectivity index (χ1v) is 7.62. The third-order valence-electron chi connectivity index (χ3n) is 3.71. The van der Waals surface area contributed by atoms with Gasteiger partial charge in [-0.05, 0) is 17.7 Å². The Bertz CT molecular complexity index is 450. The Hall–Kier alpha value is -1.34. The molecule has 2 N–H and O–H groups in total. The fourth-order valence-corrected chi connectivity index (χ4v) is 2.53. The van der Waals surface area contributed by atoms with Crippen LogP contribution in [0.15, 0.2) is 18.2 Å². The summed E-state index contributed by atoms with van der Waals surface area (Å²) >= 11 is 0. The van der Waals surface area contributed by atoms with Gasteiger partial charge in [0.05, 0.1) is 33.5 Å². The van der Waals surface area contributed by atoms with E-state index in [1.807, 2.05) is 18.2 Å². The number of β-amino-alcohol motifs (C(OH)–C–C–N with tert-alkyl or cyclic N) is 1. The Labute approximate surface area is 132 Å². The number of hydrogen-bond acceptors (Lipinski definition) is 6. The summed E-state index contributed by atoms with van der Waals surface area (Å²) in [5.74, 6) is 1.38. The third-order valence-corrected chi connectivity index (χ3v) is 3.71. The summed E-state index contributed by atoms with van der Waals surface area (Å²) in [7, 11) is 3.22. The molecule has 22 heavy (non-hydrogen) atoms. The van der Waals surface area contributed by atoms with Crippen molar-refractivity contribution in [3.05, 3.63) is 23.8 Å². The molecular formula is C16H26N2O4. The number of aliphatic hydroxyl groups excluding tert-OH is 1. The molecule has 6 heteroatoms. The zero-order valence-electron chi connectivity index (χ0n) is 13.4. The Kier molecular flexibility index (Phi) is 6.92. The topological polar surface area (TPSA) is 63.2 Å². The van der Waals surface area contributed by atoms with Crippen LogP contribution in [-0.4, -0.2) is 69.7 Å². The number of piperazine rings is 1. The number of rotatable bonds is 8. The van der Waals surface area contributed by atoms with Gasteiger partial charge in [0, 0.05) is 32.7 Å². The molecule has 0 radical (unpaired) electrons. The van der Waals surface area contributed by atoms with E-state index >= 15 is 0 Å². The van der Waals surface area contributed by atoms with E-state index in [-0.39, 0.29) is 0 Å². The number of methoxy groups -OCH3 is 2. The molecule has 0 aromatic heterocycles. The van der Waals surface area contributed by atoms with E-state index in [1.165, 1.54) is 0 Å². The van der Waals surface area contributed by atoms with Crippen LogP contribution in [0.4, 0.5) is 0 Å². The number of benzene rings is 1. The van der Waals surface area contributed by atoms with Gasteiger partial charge in [0.2, 0.25) is 0 Å². The molecule has 1 atom stereocenters. The monoisotopic (exact) mass is 310 g/mol. The summed E-state index contributed by atoms with van der Waals surface area (Å²) in [6.07, 6.45) is -0.460. The second kappa shape index (κ2) is 8.95. The summed E-state index contributed by atoms with van der Waals surface area (Å²) in [6, 6.07) is 5.68. The van der Waals surface area contributed by atoms with Crippen LogP contribution in [0.25, 0.3) is 0 Å². The minimum atomic E-state index is -0.460. The van der Waals surface area contributed by atoms with E-state index in [2.05, 4.69) is 10.2 Å². The van der Waals surface area contributed by atoms with Gasteiger partial charge in [0.15, 0.2) is 11.5 Å². The summed E-state index contributed by atoms with van der Waals surface area (Å²) in [6.45, 7) is 5.36. The lowest BCUT2D eigenvalue weighted by Gasteiger charge is -2.28. The molecule has 1 heterocycles. The molecule has 0 saturated carbocycles. The lowest BCUT2D eigenvalue weighted by atomic mass is 10.2. The molecule has 6 nitrogen and oxygen atoms in total. The molecule has 1 aromatic rings. The quantitative estimate of drug-likeness (QED) is 0.728. The number of hydrogen-bond donors (Lipinski definition) is 2. The van der Waals surface area contributed by atoms with Crippen molar-refractivity contribution < 1.29 is 19.3 Å². The van der Waals surface area contributed by atoms with Gasteiger partial charge in [-0.3, -0.25) is 4.90 Å². The molecule has 0 unspecified atom stereocenters. The highest BCUT2D eigenvalue weighted by Crippen LogP contribution is 2.27. The second-order valence-corrected chi connectivity index (χ2v) is 5.41. The molecule has 1 aliphatic rings. The molecule has 1 aliphatic heterocycles. The normalized spacial score (nSPS) is 17.2. The number of nitrogens with zero attached hydrogens (tertiary/aromatic N) is 1. The Morgan fingerprint density at radius 2 is 1.91 bits per heavy atom. The van der Waals surface area contributed by atoms with Gasteiger partial charge in [-0.25, -0.2) is 0 Å². The fourth-order valence-electron chi connectivity index (χ4n) is 2.53. The van der Waals surface area contributed by atoms with Crippen LogP contribution in [0, 0.1) is 0 Å². The highest BCUT2D eigenvalue weighted by molar-refractivity contribution is 5.42. The van der Waals surface area contributed by atoms with Crippen LogP contribution in [0.5, 0.6) is 11.5 Å². The first kappa shape index (κ1) is 17.0. The molecule has 0 amide bonds. The smallest absolute Gasteiger partial charge is 0.161 e. The molecular weight excluding hydrogens is 284 g/mol. The second-order valence-electron chi connectivity index (χ2n) is 5.41. The van der Waals surface area contributed by atoms with E-state index in [0.717, 1.165) is 31.7 Å². The Morgan fingerprint density at radius 3 is 2.59 bits per heavy atom. The summed E-state index contributed by atoms with van der Waals surface area (Å²) in [5, 5.41) is 13.3. The van der Waals surface area contributed by atoms with Gasteiger partial charge in [0.1, 0.15) is 0 Å². The summed E-state index contributed by atoms with van der Waals surface area (Å²) in [4.78, 5) is 2.25. The fraction of sp³-hybridized carbons (Fsp3) is 0.625. The molecule has 1 fully saturated rings. The maximum Gasteiger partial charge on any atom is 0.161 e.